The highest BCUT2D eigenvalue weighted by Gasteiger charge is 2.30. The van der Waals surface area contributed by atoms with E-state index in [-0.39, 0.29) is 0 Å². The molecule has 90 valence electrons. The fourth-order valence-corrected chi connectivity index (χ4v) is 1.29. The Hall–Kier alpha value is -0.310. The van der Waals surface area contributed by atoms with E-state index in [1.54, 1.807) is 0 Å². The molecule has 0 bridgehead atoms. The van der Waals surface area contributed by atoms with E-state index in [2.05, 4.69) is 9.05 Å². The minimum absolute atomic E-state index is 1.19. The molecule has 0 aliphatic heterocycles. The average molecular weight is 266 g/mol. The number of carboxylic acids is 1. The van der Waals surface area contributed by atoms with Crippen molar-refractivity contribution in [3.63, 3.8) is 0 Å². The van der Waals surface area contributed by atoms with Gasteiger partial charge in [0.25, 0.3) is 0 Å². The maximum absolute atomic E-state index is 10.3. The molecule has 0 heterocycles. The van der Waals surface area contributed by atoms with E-state index in [0.29, 0.717) is 0 Å². The summed E-state index contributed by atoms with van der Waals surface area (Å²) in [7, 11) is -9.99. The van der Waals surface area contributed by atoms with Gasteiger partial charge in [0.2, 0.25) is 0 Å². The first-order valence-corrected chi connectivity index (χ1v) is 6.24. The van der Waals surface area contributed by atoms with Crippen LogP contribution in [-0.2, 0) is 23.0 Å². The van der Waals surface area contributed by atoms with Crippen LogP contribution in [-0.4, -0.2) is 43.4 Å². The van der Waals surface area contributed by atoms with Gasteiger partial charge in [-0.15, -0.1) is 0 Å². The number of hydrogen-bond donors (Lipinski definition) is 5. The fourth-order valence-electron chi connectivity index (χ4n) is 0.477. The molecule has 0 fully saturated rings. The smallest absolute Gasteiger partial charge is 0.470 e. The zero-order valence-electron chi connectivity index (χ0n) is 6.96. The molecule has 0 amide bonds. The summed E-state index contributed by atoms with van der Waals surface area (Å²) in [4.78, 5) is 43.2. The van der Waals surface area contributed by atoms with Crippen LogP contribution in [0.3, 0.4) is 0 Å². The van der Waals surface area contributed by atoms with Crippen molar-refractivity contribution in [2.45, 2.75) is 6.10 Å². The molecule has 0 unspecified atom stereocenters. The molecule has 0 aliphatic carbocycles. The molecule has 5 N–H and O–H groups in total. The molecule has 0 radical (unpaired) electrons. The molecule has 15 heavy (non-hydrogen) atoms. The number of carboxylic acid groups (broad SMARTS) is 1. The standard InChI is InChI=1S/C3H8O10P2/c4-3(5)2(13-15(9,10)11)1-12-14(6,7)8/h2H,1H2,(H,4,5)(H2,6,7,8)(H2,9,10,11)/t2-/m1/s1. The lowest BCUT2D eigenvalue weighted by Crippen LogP contribution is -2.27. The Morgan fingerprint density at radius 3 is 1.87 bits per heavy atom. The summed E-state index contributed by atoms with van der Waals surface area (Å²) in [6.45, 7) is -1.19. The Balaban J connectivity index is 4.38. The molecule has 0 aromatic carbocycles. The van der Waals surface area contributed by atoms with Crippen molar-refractivity contribution in [2.24, 2.45) is 0 Å². The monoisotopic (exact) mass is 266 g/mol. The maximum atomic E-state index is 10.3. The minimum Gasteiger partial charge on any atom is -0.479 e. The molecule has 12 heteroatoms. The lowest BCUT2D eigenvalue weighted by molar-refractivity contribution is -0.147. The van der Waals surface area contributed by atoms with Gasteiger partial charge >= 0.3 is 21.6 Å². The molecule has 0 aliphatic rings. The van der Waals surface area contributed by atoms with Crippen molar-refractivity contribution in [2.75, 3.05) is 6.61 Å². The second-order valence-corrected chi connectivity index (χ2v) is 4.64. The number of aliphatic carboxylic acids is 1. The molecular formula is C3H8O10P2. The molecule has 0 saturated carbocycles. The zero-order chi connectivity index (χ0) is 12.3. The number of phosphoric acid groups is 2. The van der Waals surface area contributed by atoms with Crippen LogP contribution in [0.5, 0.6) is 0 Å². The van der Waals surface area contributed by atoms with E-state index >= 15 is 0 Å². The second kappa shape index (κ2) is 5.15. The van der Waals surface area contributed by atoms with Gasteiger partial charge < -0.3 is 24.7 Å². The highest BCUT2D eigenvalue weighted by Crippen LogP contribution is 2.40. The molecule has 10 nitrogen and oxygen atoms in total. The maximum Gasteiger partial charge on any atom is 0.470 e. The van der Waals surface area contributed by atoms with Crippen molar-refractivity contribution in [3.05, 3.63) is 0 Å². The van der Waals surface area contributed by atoms with Gasteiger partial charge in [-0.3, -0.25) is 9.05 Å². The predicted molar refractivity (Wildman–Crippen MR) is 42.5 cm³/mol. The number of carbonyl (C=O) groups is 1. The summed E-state index contributed by atoms with van der Waals surface area (Å²) < 4.78 is 27.8. The Kier molecular flexibility index (Phi) is 5.04. The van der Waals surface area contributed by atoms with E-state index in [9.17, 15) is 13.9 Å². The number of phosphoric ester groups is 2. The molecule has 0 rings (SSSR count). The fraction of sp³-hybridized carbons (Fsp3) is 0.667. The summed E-state index contributed by atoms with van der Waals surface area (Å²) in [5.41, 5.74) is 0. The van der Waals surface area contributed by atoms with Gasteiger partial charge in [-0.2, -0.15) is 0 Å². The topological polar surface area (TPSA) is 171 Å². The quantitative estimate of drug-likeness (QED) is 0.362. The van der Waals surface area contributed by atoms with Gasteiger partial charge in [-0.25, -0.2) is 13.9 Å². The van der Waals surface area contributed by atoms with Crippen molar-refractivity contribution >= 4 is 21.6 Å². The van der Waals surface area contributed by atoms with Crippen LogP contribution in [0.2, 0.25) is 0 Å². The number of rotatable bonds is 6. The van der Waals surface area contributed by atoms with E-state index in [1.807, 2.05) is 0 Å². The SMILES string of the molecule is O=C(O)[C@@H](COP(=O)(O)O)OP(=O)(O)O. The van der Waals surface area contributed by atoms with Crippen LogP contribution in [0.4, 0.5) is 0 Å². The van der Waals surface area contributed by atoms with Crippen LogP contribution in [0.25, 0.3) is 0 Å². The Morgan fingerprint density at radius 2 is 1.60 bits per heavy atom. The van der Waals surface area contributed by atoms with Gasteiger partial charge in [0.05, 0.1) is 6.61 Å². The summed E-state index contributed by atoms with van der Waals surface area (Å²) >= 11 is 0. The first-order chi connectivity index (χ1) is 6.51. The minimum atomic E-state index is -5.07. The molecular weight excluding hydrogens is 258 g/mol. The normalized spacial score (nSPS) is 14.9. The van der Waals surface area contributed by atoms with E-state index < -0.39 is 34.3 Å². The zero-order valence-corrected chi connectivity index (χ0v) is 8.75. The second-order valence-electron chi connectivity index (χ2n) is 2.21. The van der Waals surface area contributed by atoms with E-state index in [0.717, 1.165) is 0 Å². The Morgan fingerprint density at radius 1 is 1.13 bits per heavy atom. The van der Waals surface area contributed by atoms with Gasteiger partial charge in [-0.05, 0) is 0 Å². The highest BCUT2D eigenvalue weighted by molar-refractivity contribution is 7.46. The van der Waals surface area contributed by atoms with Crippen molar-refractivity contribution in [3.8, 4) is 0 Å². The molecule has 0 saturated heterocycles. The van der Waals surface area contributed by atoms with Gasteiger partial charge in [-0.1, -0.05) is 0 Å². The summed E-state index contributed by atoms with van der Waals surface area (Å²) in [5.74, 6) is -1.83. The van der Waals surface area contributed by atoms with Crippen LogP contribution in [0.1, 0.15) is 0 Å². The largest absolute Gasteiger partial charge is 0.479 e. The number of hydrogen-bond acceptors (Lipinski definition) is 5. The van der Waals surface area contributed by atoms with Crippen molar-refractivity contribution in [1.29, 1.82) is 0 Å². The molecule has 0 aromatic heterocycles. The molecule has 0 spiro atoms. The summed E-state index contributed by atoms with van der Waals surface area (Å²) in [6, 6.07) is 0. The first-order valence-electron chi connectivity index (χ1n) is 3.18. The lowest BCUT2D eigenvalue weighted by atomic mass is 10.4. The van der Waals surface area contributed by atoms with Crippen LogP contribution >= 0.6 is 15.6 Å². The highest BCUT2D eigenvalue weighted by atomic mass is 31.2. The van der Waals surface area contributed by atoms with Crippen LogP contribution < -0.4 is 0 Å². The van der Waals surface area contributed by atoms with Gasteiger partial charge in [0.15, 0.2) is 6.10 Å². The van der Waals surface area contributed by atoms with Crippen LogP contribution in [0.15, 0.2) is 0 Å². The molecule has 0 aromatic rings. The van der Waals surface area contributed by atoms with Gasteiger partial charge in [0, 0.05) is 0 Å². The third kappa shape index (κ3) is 8.67. The first kappa shape index (κ1) is 14.7. The third-order valence-electron chi connectivity index (χ3n) is 0.934. The summed E-state index contributed by atoms with van der Waals surface area (Å²) in [5, 5.41) is 8.33. The summed E-state index contributed by atoms with van der Waals surface area (Å²) in [6.07, 6.45) is -2.17. The lowest BCUT2D eigenvalue weighted by Gasteiger charge is -2.14. The average Bonchev–Trinajstić information content (AvgIpc) is 1.93. The van der Waals surface area contributed by atoms with E-state index in [4.69, 9.17) is 24.7 Å². The van der Waals surface area contributed by atoms with Crippen molar-refractivity contribution in [1.82, 2.24) is 0 Å². The Bertz CT molecular complexity index is 311. The van der Waals surface area contributed by atoms with Gasteiger partial charge in [0.1, 0.15) is 0 Å². The Labute approximate surface area is 82.9 Å². The predicted octanol–water partition coefficient (Wildman–Crippen LogP) is -1.34. The van der Waals surface area contributed by atoms with Crippen molar-refractivity contribution < 1.29 is 47.7 Å². The van der Waals surface area contributed by atoms with Crippen LogP contribution in [0, 0.1) is 0 Å². The molecule has 1 atom stereocenters. The third-order valence-corrected chi connectivity index (χ3v) is 1.95. The van der Waals surface area contributed by atoms with E-state index in [1.165, 1.54) is 0 Å².